The predicted molar refractivity (Wildman–Crippen MR) is 67.7 cm³/mol. The Morgan fingerprint density at radius 1 is 1.32 bits per heavy atom. The molecule has 19 heavy (non-hydrogen) atoms. The summed E-state index contributed by atoms with van der Waals surface area (Å²) in [6, 6.07) is 8.13. The van der Waals surface area contributed by atoms with Gasteiger partial charge < -0.3 is 19.9 Å². The van der Waals surface area contributed by atoms with Crippen LogP contribution in [0.4, 0.5) is 4.79 Å². The third kappa shape index (κ3) is 5.87. The maximum absolute atomic E-state index is 11.5. The monoisotopic (exact) mass is 267 g/mol. The number of benzene rings is 1. The van der Waals surface area contributed by atoms with E-state index in [4.69, 9.17) is 14.6 Å². The van der Waals surface area contributed by atoms with Crippen molar-refractivity contribution in [3.63, 3.8) is 0 Å². The van der Waals surface area contributed by atoms with E-state index in [-0.39, 0.29) is 19.6 Å². The van der Waals surface area contributed by atoms with Gasteiger partial charge in [0.2, 0.25) is 0 Å². The minimum atomic E-state index is -1.12. The third-order valence-corrected chi connectivity index (χ3v) is 2.41. The molecule has 6 nitrogen and oxygen atoms in total. The molecule has 104 valence electrons. The van der Waals surface area contributed by atoms with Crippen molar-refractivity contribution in [2.75, 3.05) is 13.7 Å². The molecule has 0 aromatic heterocycles. The first-order valence-electron chi connectivity index (χ1n) is 5.82. The van der Waals surface area contributed by atoms with Gasteiger partial charge in [0.1, 0.15) is 12.6 Å². The van der Waals surface area contributed by atoms with Crippen molar-refractivity contribution >= 4 is 12.1 Å². The molecule has 1 rings (SSSR count). The SMILES string of the molecule is COCCC(NC(=O)OCc1ccccc1)C(=O)O. The van der Waals surface area contributed by atoms with E-state index in [1.807, 2.05) is 30.3 Å². The lowest BCUT2D eigenvalue weighted by Gasteiger charge is -2.14. The fourth-order valence-corrected chi connectivity index (χ4v) is 1.40. The third-order valence-electron chi connectivity index (χ3n) is 2.41. The van der Waals surface area contributed by atoms with Crippen LogP contribution in [0.25, 0.3) is 0 Å². The van der Waals surface area contributed by atoms with E-state index < -0.39 is 18.1 Å². The highest BCUT2D eigenvalue weighted by Gasteiger charge is 2.20. The van der Waals surface area contributed by atoms with Crippen molar-refractivity contribution in [3.8, 4) is 0 Å². The van der Waals surface area contributed by atoms with Gasteiger partial charge >= 0.3 is 12.1 Å². The number of carbonyl (C=O) groups excluding carboxylic acids is 1. The Bertz CT molecular complexity index is 407. The van der Waals surface area contributed by atoms with Gasteiger partial charge in [-0.3, -0.25) is 0 Å². The molecule has 0 spiro atoms. The summed E-state index contributed by atoms with van der Waals surface area (Å²) < 4.78 is 9.71. The normalized spacial score (nSPS) is 11.6. The number of nitrogens with one attached hydrogen (secondary N) is 1. The van der Waals surface area contributed by atoms with Crippen molar-refractivity contribution in [2.24, 2.45) is 0 Å². The number of carboxylic acids is 1. The van der Waals surface area contributed by atoms with Gasteiger partial charge in [0.05, 0.1) is 0 Å². The summed E-state index contributed by atoms with van der Waals surface area (Å²) >= 11 is 0. The van der Waals surface area contributed by atoms with E-state index in [9.17, 15) is 9.59 Å². The van der Waals surface area contributed by atoms with Crippen LogP contribution in [0.5, 0.6) is 0 Å². The molecule has 0 fully saturated rings. The van der Waals surface area contributed by atoms with Crippen molar-refractivity contribution in [1.82, 2.24) is 5.32 Å². The van der Waals surface area contributed by atoms with Gasteiger partial charge in [0, 0.05) is 20.1 Å². The number of methoxy groups -OCH3 is 1. The molecule has 1 atom stereocenters. The molecule has 0 heterocycles. The highest BCUT2D eigenvalue weighted by molar-refractivity contribution is 5.79. The fourth-order valence-electron chi connectivity index (χ4n) is 1.40. The van der Waals surface area contributed by atoms with E-state index in [2.05, 4.69) is 5.32 Å². The van der Waals surface area contributed by atoms with Crippen LogP contribution in [0.15, 0.2) is 30.3 Å². The average Bonchev–Trinajstić information content (AvgIpc) is 2.42. The van der Waals surface area contributed by atoms with Gasteiger partial charge in [0.25, 0.3) is 0 Å². The zero-order chi connectivity index (χ0) is 14.1. The highest BCUT2D eigenvalue weighted by Crippen LogP contribution is 2.01. The molecule has 1 amide bonds. The first-order chi connectivity index (χ1) is 9.13. The van der Waals surface area contributed by atoms with E-state index in [1.165, 1.54) is 7.11 Å². The van der Waals surface area contributed by atoms with Crippen LogP contribution < -0.4 is 5.32 Å². The molecule has 1 aromatic rings. The topological polar surface area (TPSA) is 84.9 Å². The predicted octanol–water partition coefficient (Wildman–Crippen LogP) is 1.40. The molecule has 2 N–H and O–H groups in total. The van der Waals surface area contributed by atoms with Gasteiger partial charge in [-0.2, -0.15) is 0 Å². The van der Waals surface area contributed by atoms with Crippen LogP contribution in [0.1, 0.15) is 12.0 Å². The number of carbonyl (C=O) groups is 2. The highest BCUT2D eigenvalue weighted by atomic mass is 16.5. The summed E-state index contributed by atoms with van der Waals surface area (Å²) in [7, 11) is 1.46. The quantitative estimate of drug-likeness (QED) is 0.780. The van der Waals surface area contributed by atoms with Crippen LogP contribution >= 0.6 is 0 Å². The Morgan fingerprint density at radius 2 is 2.00 bits per heavy atom. The number of hydrogen-bond acceptors (Lipinski definition) is 4. The van der Waals surface area contributed by atoms with Gasteiger partial charge in [0.15, 0.2) is 0 Å². The zero-order valence-corrected chi connectivity index (χ0v) is 10.7. The van der Waals surface area contributed by atoms with Crippen molar-refractivity contribution in [3.05, 3.63) is 35.9 Å². The number of alkyl carbamates (subject to hydrolysis) is 1. The maximum atomic E-state index is 11.5. The largest absolute Gasteiger partial charge is 0.480 e. The molecule has 0 radical (unpaired) electrons. The van der Waals surface area contributed by atoms with Crippen LogP contribution in [0, 0.1) is 0 Å². The standard InChI is InChI=1S/C13H17NO5/c1-18-8-7-11(12(15)16)14-13(17)19-9-10-5-3-2-4-6-10/h2-6,11H,7-9H2,1H3,(H,14,17)(H,15,16). The van der Waals surface area contributed by atoms with Crippen LogP contribution in [-0.4, -0.2) is 36.9 Å². The Balaban J connectivity index is 2.38. The minimum absolute atomic E-state index is 0.100. The second-order valence-corrected chi connectivity index (χ2v) is 3.88. The van der Waals surface area contributed by atoms with Crippen LogP contribution in [0.3, 0.4) is 0 Å². The number of rotatable bonds is 7. The van der Waals surface area contributed by atoms with Gasteiger partial charge in [-0.1, -0.05) is 30.3 Å². The molecule has 1 unspecified atom stereocenters. The molecule has 0 aliphatic rings. The summed E-state index contributed by atoms with van der Waals surface area (Å²) in [5.41, 5.74) is 0.835. The van der Waals surface area contributed by atoms with Gasteiger partial charge in [-0.25, -0.2) is 9.59 Å². The molecule has 0 saturated carbocycles. The van der Waals surface area contributed by atoms with Gasteiger partial charge in [-0.15, -0.1) is 0 Å². The van der Waals surface area contributed by atoms with E-state index in [1.54, 1.807) is 0 Å². The maximum Gasteiger partial charge on any atom is 0.408 e. The van der Waals surface area contributed by atoms with Gasteiger partial charge in [-0.05, 0) is 5.56 Å². The molecule has 1 aromatic carbocycles. The Morgan fingerprint density at radius 3 is 2.58 bits per heavy atom. The molecule has 0 aliphatic heterocycles. The van der Waals surface area contributed by atoms with Crippen molar-refractivity contribution < 1.29 is 24.2 Å². The molecular formula is C13H17NO5. The molecule has 6 heteroatoms. The molecule has 0 aliphatic carbocycles. The minimum Gasteiger partial charge on any atom is -0.480 e. The summed E-state index contributed by atoms with van der Waals surface area (Å²) in [5, 5.41) is 11.2. The Hall–Kier alpha value is -2.08. The summed E-state index contributed by atoms with van der Waals surface area (Å²) in [4.78, 5) is 22.3. The number of carboxylic acid groups (broad SMARTS) is 1. The lowest BCUT2D eigenvalue weighted by atomic mass is 10.2. The lowest BCUT2D eigenvalue weighted by molar-refractivity contribution is -0.139. The molecular weight excluding hydrogens is 250 g/mol. The zero-order valence-electron chi connectivity index (χ0n) is 10.7. The van der Waals surface area contributed by atoms with Crippen molar-refractivity contribution in [2.45, 2.75) is 19.1 Å². The fraction of sp³-hybridized carbons (Fsp3) is 0.385. The number of aliphatic carboxylic acids is 1. The summed E-state index contributed by atoms with van der Waals surface area (Å²) in [6.07, 6.45) is -0.570. The summed E-state index contributed by atoms with van der Waals surface area (Å²) in [6.45, 7) is 0.346. The number of amides is 1. The Labute approximate surface area is 111 Å². The second-order valence-electron chi connectivity index (χ2n) is 3.88. The second kappa shape index (κ2) is 8.10. The average molecular weight is 267 g/mol. The van der Waals surface area contributed by atoms with Crippen LogP contribution in [0.2, 0.25) is 0 Å². The lowest BCUT2D eigenvalue weighted by Crippen LogP contribution is -2.41. The first-order valence-corrected chi connectivity index (χ1v) is 5.82. The van der Waals surface area contributed by atoms with Crippen LogP contribution in [-0.2, 0) is 20.9 Å². The smallest absolute Gasteiger partial charge is 0.408 e. The first kappa shape index (κ1) is 15.0. The Kier molecular flexibility index (Phi) is 6.38. The van der Waals surface area contributed by atoms with E-state index >= 15 is 0 Å². The molecule has 0 bridgehead atoms. The summed E-state index contributed by atoms with van der Waals surface area (Å²) in [5.74, 6) is -1.12. The van der Waals surface area contributed by atoms with E-state index in [0.717, 1.165) is 5.56 Å². The molecule has 0 saturated heterocycles. The van der Waals surface area contributed by atoms with Crippen molar-refractivity contribution in [1.29, 1.82) is 0 Å². The number of ether oxygens (including phenoxy) is 2. The number of hydrogen-bond donors (Lipinski definition) is 2. The van der Waals surface area contributed by atoms with E-state index in [0.29, 0.717) is 0 Å².